The first-order chi connectivity index (χ1) is 12.4. The third-order valence-corrected chi connectivity index (χ3v) is 4.75. The summed E-state index contributed by atoms with van der Waals surface area (Å²) < 4.78 is 0. The number of carboxylic acids is 1. The molecule has 3 N–H and O–H groups in total. The number of amides is 3. The van der Waals surface area contributed by atoms with Crippen LogP contribution in [0.3, 0.4) is 0 Å². The molecule has 1 saturated heterocycles. The molecule has 1 aromatic rings. The average molecular weight is 361 g/mol. The molecule has 1 atom stereocenters. The highest BCUT2D eigenvalue weighted by atomic mass is 16.4. The lowest BCUT2D eigenvalue weighted by molar-refractivity contribution is -0.143. The third kappa shape index (κ3) is 5.47. The van der Waals surface area contributed by atoms with Crippen LogP contribution in [0.1, 0.15) is 49.0 Å². The molecule has 0 aliphatic carbocycles. The second-order valence-corrected chi connectivity index (χ2v) is 6.74. The van der Waals surface area contributed by atoms with E-state index in [9.17, 15) is 14.4 Å². The van der Waals surface area contributed by atoms with Crippen LogP contribution in [0, 0.1) is 5.92 Å². The maximum absolute atomic E-state index is 12.2. The second kappa shape index (κ2) is 9.22. The maximum atomic E-state index is 12.2. The Morgan fingerprint density at radius 2 is 1.96 bits per heavy atom. The molecule has 26 heavy (non-hydrogen) atoms. The Bertz CT molecular complexity index is 654. The topological polar surface area (TPSA) is 98.7 Å². The van der Waals surface area contributed by atoms with Crippen LogP contribution in [0.5, 0.6) is 0 Å². The molecule has 7 heteroatoms. The number of piperidine rings is 1. The molecule has 0 spiro atoms. The van der Waals surface area contributed by atoms with E-state index in [1.807, 2.05) is 19.9 Å². The molecule has 1 unspecified atom stereocenters. The number of nitrogens with zero attached hydrogens (tertiary/aromatic N) is 1. The molecule has 0 bridgehead atoms. The van der Waals surface area contributed by atoms with Gasteiger partial charge in [0.05, 0.1) is 5.92 Å². The molecule has 1 heterocycles. The van der Waals surface area contributed by atoms with Crippen LogP contribution in [-0.4, -0.2) is 47.0 Å². The van der Waals surface area contributed by atoms with Crippen LogP contribution < -0.4 is 10.6 Å². The van der Waals surface area contributed by atoms with Crippen LogP contribution in [0.2, 0.25) is 0 Å². The Labute approximate surface area is 153 Å². The van der Waals surface area contributed by atoms with Crippen molar-refractivity contribution in [2.45, 2.75) is 45.7 Å². The second-order valence-electron chi connectivity index (χ2n) is 6.74. The van der Waals surface area contributed by atoms with E-state index < -0.39 is 5.97 Å². The van der Waals surface area contributed by atoms with Crippen molar-refractivity contribution in [1.82, 2.24) is 15.5 Å². The number of aliphatic carboxylic acids is 1. The van der Waals surface area contributed by atoms with Crippen LogP contribution >= 0.6 is 0 Å². The fourth-order valence-corrected chi connectivity index (χ4v) is 2.85. The number of carbonyl (C=O) groups is 3. The minimum atomic E-state index is -0.794. The molecule has 3 amide bonds. The SMILES string of the molecule is CCC(C)NC(=O)c1cccc(CNC(=O)N2CCC(C(=O)O)CC2)c1. The van der Waals surface area contributed by atoms with Crippen LogP contribution in [0.4, 0.5) is 4.79 Å². The Kier molecular flexibility index (Phi) is 7.00. The molecule has 1 aromatic carbocycles. The summed E-state index contributed by atoms with van der Waals surface area (Å²) in [6.07, 6.45) is 1.82. The first-order valence-electron chi connectivity index (χ1n) is 9.06. The number of rotatable bonds is 6. The minimum Gasteiger partial charge on any atom is -0.481 e. The van der Waals surface area contributed by atoms with Gasteiger partial charge >= 0.3 is 12.0 Å². The quantitative estimate of drug-likeness (QED) is 0.723. The van der Waals surface area contributed by atoms with Gasteiger partial charge in [-0.3, -0.25) is 9.59 Å². The predicted octanol–water partition coefficient (Wildman–Crippen LogP) is 2.22. The van der Waals surface area contributed by atoms with Gasteiger partial charge in [-0.2, -0.15) is 0 Å². The number of urea groups is 1. The number of benzene rings is 1. The average Bonchev–Trinajstić information content (AvgIpc) is 2.66. The summed E-state index contributed by atoms with van der Waals surface area (Å²) >= 11 is 0. The number of carbonyl (C=O) groups excluding carboxylic acids is 2. The summed E-state index contributed by atoms with van der Waals surface area (Å²) in [5.41, 5.74) is 1.41. The zero-order valence-electron chi connectivity index (χ0n) is 15.3. The first-order valence-corrected chi connectivity index (χ1v) is 9.06. The number of nitrogens with one attached hydrogen (secondary N) is 2. The summed E-state index contributed by atoms with van der Waals surface area (Å²) in [5, 5.41) is 14.8. The van der Waals surface area contributed by atoms with E-state index in [4.69, 9.17) is 5.11 Å². The largest absolute Gasteiger partial charge is 0.481 e. The molecular formula is C19H27N3O4. The Morgan fingerprint density at radius 3 is 2.58 bits per heavy atom. The van der Waals surface area contributed by atoms with E-state index in [0.29, 0.717) is 38.0 Å². The van der Waals surface area contributed by atoms with E-state index >= 15 is 0 Å². The van der Waals surface area contributed by atoms with Gasteiger partial charge in [0.1, 0.15) is 0 Å². The van der Waals surface area contributed by atoms with Crippen molar-refractivity contribution in [3.8, 4) is 0 Å². The Balaban J connectivity index is 1.86. The molecule has 0 saturated carbocycles. The minimum absolute atomic E-state index is 0.111. The monoisotopic (exact) mass is 361 g/mol. The van der Waals surface area contributed by atoms with Crippen molar-refractivity contribution in [3.05, 3.63) is 35.4 Å². The van der Waals surface area contributed by atoms with E-state index in [2.05, 4.69) is 10.6 Å². The van der Waals surface area contributed by atoms with Gasteiger partial charge in [0.15, 0.2) is 0 Å². The predicted molar refractivity (Wildman–Crippen MR) is 97.8 cm³/mol. The highest BCUT2D eigenvalue weighted by Gasteiger charge is 2.26. The number of hydrogen-bond donors (Lipinski definition) is 3. The fraction of sp³-hybridized carbons (Fsp3) is 0.526. The zero-order chi connectivity index (χ0) is 19.1. The number of likely N-dealkylation sites (tertiary alicyclic amines) is 1. The molecule has 1 aliphatic rings. The van der Waals surface area contributed by atoms with Gasteiger partial charge < -0.3 is 20.6 Å². The first kappa shape index (κ1) is 19.8. The van der Waals surface area contributed by atoms with Crippen LogP contribution in [-0.2, 0) is 11.3 Å². The van der Waals surface area contributed by atoms with Crippen molar-refractivity contribution in [3.63, 3.8) is 0 Å². The van der Waals surface area contributed by atoms with Gasteiger partial charge in [0.25, 0.3) is 5.91 Å². The molecule has 7 nitrogen and oxygen atoms in total. The summed E-state index contributed by atoms with van der Waals surface area (Å²) in [6.45, 7) is 5.17. The summed E-state index contributed by atoms with van der Waals surface area (Å²) in [6, 6.07) is 7.08. The van der Waals surface area contributed by atoms with Gasteiger partial charge in [-0.05, 0) is 43.9 Å². The van der Waals surface area contributed by atoms with Crippen LogP contribution in [0.15, 0.2) is 24.3 Å². The molecule has 1 fully saturated rings. The van der Waals surface area contributed by atoms with E-state index in [1.165, 1.54) is 0 Å². The highest BCUT2D eigenvalue weighted by Crippen LogP contribution is 2.17. The van der Waals surface area contributed by atoms with Crippen molar-refractivity contribution in [1.29, 1.82) is 0 Å². The Morgan fingerprint density at radius 1 is 1.27 bits per heavy atom. The smallest absolute Gasteiger partial charge is 0.317 e. The van der Waals surface area contributed by atoms with E-state index in [0.717, 1.165) is 12.0 Å². The van der Waals surface area contributed by atoms with E-state index in [1.54, 1.807) is 23.1 Å². The summed E-state index contributed by atoms with van der Waals surface area (Å²) in [7, 11) is 0. The van der Waals surface area contributed by atoms with Crippen molar-refractivity contribution in [2.24, 2.45) is 5.92 Å². The Hall–Kier alpha value is -2.57. The third-order valence-electron chi connectivity index (χ3n) is 4.75. The highest BCUT2D eigenvalue weighted by molar-refractivity contribution is 5.94. The lowest BCUT2D eigenvalue weighted by Gasteiger charge is -2.30. The number of hydrogen-bond acceptors (Lipinski definition) is 3. The molecule has 0 radical (unpaired) electrons. The normalized spacial score (nSPS) is 16.0. The standard InChI is InChI=1S/C19H27N3O4/c1-3-13(2)21-17(23)16-6-4-5-14(11-16)12-20-19(26)22-9-7-15(8-10-22)18(24)25/h4-6,11,13,15H,3,7-10,12H2,1-2H3,(H,20,26)(H,21,23)(H,24,25). The number of carboxylic acid groups (broad SMARTS) is 1. The molecular weight excluding hydrogens is 334 g/mol. The van der Waals surface area contributed by atoms with Crippen LogP contribution in [0.25, 0.3) is 0 Å². The summed E-state index contributed by atoms with van der Waals surface area (Å²) in [5.74, 6) is -1.28. The van der Waals surface area contributed by atoms with Gasteiger partial charge in [-0.1, -0.05) is 19.1 Å². The van der Waals surface area contributed by atoms with Gasteiger partial charge in [0, 0.05) is 31.2 Å². The van der Waals surface area contributed by atoms with Crippen molar-refractivity contribution in [2.75, 3.05) is 13.1 Å². The van der Waals surface area contributed by atoms with Gasteiger partial charge in [-0.25, -0.2) is 4.79 Å². The fourth-order valence-electron chi connectivity index (χ4n) is 2.85. The summed E-state index contributed by atoms with van der Waals surface area (Å²) in [4.78, 5) is 37.0. The lowest BCUT2D eigenvalue weighted by Crippen LogP contribution is -2.45. The molecule has 1 aliphatic heterocycles. The van der Waals surface area contributed by atoms with E-state index in [-0.39, 0.29) is 23.9 Å². The zero-order valence-corrected chi connectivity index (χ0v) is 15.3. The maximum Gasteiger partial charge on any atom is 0.317 e. The van der Waals surface area contributed by atoms with Crippen molar-refractivity contribution < 1.29 is 19.5 Å². The van der Waals surface area contributed by atoms with Crippen molar-refractivity contribution >= 4 is 17.9 Å². The van der Waals surface area contributed by atoms with Gasteiger partial charge in [0.2, 0.25) is 0 Å². The van der Waals surface area contributed by atoms with Gasteiger partial charge in [-0.15, -0.1) is 0 Å². The molecule has 142 valence electrons. The molecule has 0 aromatic heterocycles. The molecule has 2 rings (SSSR count). The lowest BCUT2D eigenvalue weighted by atomic mass is 9.97.